The second kappa shape index (κ2) is 7.76. The van der Waals surface area contributed by atoms with Crippen LogP contribution in [0.4, 0.5) is 5.13 Å². The van der Waals surface area contributed by atoms with Crippen LogP contribution in [-0.4, -0.2) is 15.9 Å². The van der Waals surface area contributed by atoms with E-state index in [-0.39, 0.29) is 5.91 Å². The topological polar surface area (TPSA) is 46.1 Å². The fraction of sp³-hybridized carbons (Fsp3) is 0.0500. The van der Waals surface area contributed by atoms with Crippen LogP contribution in [0.5, 0.6) is 0 Å². The number of aromatic nitrogens is 2. The van der Waals surface area contributed by atoms with Gasteiger partial charge in [0.25, 0.3) is 5.91 Å². The van der Waals surface area contributed by atoms with Crippen LogP contribution in [0.2, 0.25) is 5.02 Å². The minimum absolute atomic E-state index is 0.124. The molecule has 0 aliphatic heterocycles. The number of amides is 1. The van der Waals surface area contributed by atoms with Crippen LogP contribution in [0.15, 0.2) is 71.5 Å². The van der Waals surface area contributed by atoms with Gasteiger partial charge in [-0.1, -0.05) is 51.0 Å². The number of rotatable bonds is 4. The quantitative estimate of drug-likeness (QED) is 0.379. The predicted octanol–water partition coefficient (Wildman–Crippen LogP) is 5.95. The molecule has 0 atom stereocenters. The van der Waals surface area contributed by atoms with Gasteiger partial charge in [-0.25, -0.2) is 4.98 Å². The molecule has 27 heavy (non-hydrogen) atoms. The van der Waals surface area contributed by atoms with Crippen molar-refractivity contribution in [2.24, 2.45) is 0 Å². The van der Waals surface area contributed by atoms with Crippen molar-refractivity contribution in [2.75, 3.05) is 4.90 Å². The number of carbonyl (C=O) groups is 1. The van der Waals surface area contributed by atoms with Crippen LogP contribution in [0.3, 0.4) is 0 Å². The second-order valence-electron chi connectivity index (χ2n) is 5.84. The van der Waals surface area contributed by atoms with Gasteiger partial charge in [0, 0.05) is 22.4 Å². The second-order valence-corrected chi connectivity index (χ2v) is 8.17. The maximum Gasteiger partial charge on any atom is 0.260 e. The first-order chi connectivity index (χ1) is 13.1. The third-order valence-electron chi connectivity index (χ3n) is 3.99. The van der Waals surface area contributed by atoms with Gasteiger partial charge in [-0.2, -0.15) is 0 Å². The molecule has 0 unspecified atom stereocenters. The number of para-hydroxylation sites is 1. The zero-order chi connectivity index (χ0) is 18.8. The van der Waals surface area contributed by atoms with Crippen LogP contribution in [0.1, 0.15) is 15.9 Å². The maximum absolute atomic E-state index is 13.2. The van der Waals surface area contributed by atoms with Crippen molar-refractivity contribution in [3.8, 4) is 0 Å². The molecule has 4 nitrogen and oxygen atoms in total. The van der Waals surface area contributed by atoms with E-state index < -0.39 is 0 Å². The average Bonchev–Trinajstić information content (AvgIpc) is 3.12. The van der Waals surface area contributed by atoms with E-state index in [1.54, 1.807) is 35.5 Å². The van der Waals surface area contributed by atoms with Crippen molar-refractivity contribution >= 4 is 60.1 Å². The Morgan fingerprint density at radius 1 is 1.11 bits per heavy atom. The Kier molecular flexibility index (Phi) is 5.20. The van der Waals surface area contributed by atoms with Gasteiger partial charge in [-0.15, -0.1) is 0 Å². The molecule has 0 N–H and O–H groups in total. The number of hydrogen-bond donors (Lipinski definition) is 0. The lowest BCUT2D eigenvalue weighted by atomic mass is 10.2. The number of nitrogens with zero attached hydrogens (tertiary/aromatic N) is 3. The third kappa shape index (κ3) is 3.88. The fourth-order valence-electron chi connectivity index (χ4n) is 2.67. The van der Waals surface area contributed by atoms with E-state index in [9.17, 15) is 4.79 Å². The van der Waals surface area contributed by atoms with Gasteiger partial charge in [0.15, 0.2) is 5.13 Å². The molecule has 1 amide bonds. The van der Waals surface area contributed by atoms with Crippen LogP contribution in [0, 0.1) is 0 Å². The van der Waals surface area contributed by atoms with E-state index >= 15 is 0 Å². The first-order valence-electron chi connectivity index (χ1n) is 8.13. The first-order valence-corrected chi connectivity index (χ1v) is 10.1. The van der Waals surface area contributed by atoms with E-state index in [1.165, 1.54) is 11.3 Å². The number of carbonyl (C=O) groups excluding carboxylic acids is 1. The molecule has 0 bridgehead atoms. The van der Waals surface area contributed by atoms with Crippen LogP contribution in [0.25, 0.3) is 10.2 Å². The minimum atomic E-state index is -0.124. The van der Waals surface area contributed by atoms with Gasteiger partial charge in [-0.05, 0) is 48.0 Å². The van der Waals surface area contributed by atoms with Crippen molar-refractivity contribution in [2.45, 2.75) is 6.54 Å². The van der Waals surface area contributed by atoms with Gasteiger partial charge in [0.2, 0.25) is 0 Å². The molecule has 4 aromatic rings. The summed E-state index contributed by atoms with van der Waals surface area (Å²) in [5.41, 5.74) is 2.22. The summed E-state index contributed by atoms with van der Waals surface area (Å²) in [5, 5.41) is 1.18. The van der Waals surface area contributed by atoms with Gasteiger partial charge in [-0.3, -0.25) is 14.7 Å². The largest absolute Gasteiger partial charge is 0.279 e. The Hall–Kier alpha value is -2.28. The van der Waals surface area contributed by atoms with Crippen molar-refractivity contribution in [1.29, 1.82) is 0 Å². The lowest BCUT2D eigenvalue weighted by Crippen LogP contribution is -2.30. The number of fused-ring (bicyclic) bond motifs is 1. The lowest BCUT2D eigenvalue weighted by Gasteiger charge is -2.20. The zero-order valence-corrected chi connectivity index (χ0v) is 17.1. The summed E-state index contributed by atoms with van der Waals surface area (Å²) in [4.78, 5) is 23.7. The van der Waals surface area contributed by atoms with Gasteiger partial charge in [0.1, 0.15) is 5.52 Å². The molecule has 0 saturated heterocycles. The molecule has 2 aromatic heterocycles. The molecule has 0 fully saturated rings. The SMILES string of the molecule is O=C(c1ccc(Br)cc1)N(Cc1cccnc1)c1nc2c(Cl)cccc2s1. The van der Waals surface area contributed by atoms with E-state index in [0.29, 0.717) is 27.8 Å². The Morgan fingerprint density at radius 3 is 2.63 bits per heavy atom. The molecule has 0 aliphatic rings. The highest BCUT2D eigenvalue weighted by Gasteiger charge is 2.22. The Bertz CT molecular complexity index is 1100. The minimum Gasteiger partial charge on any atom is -0.279 e. The summed E-state index contributed by atoms with van der Waals surface area (Å²) >= 11 is 11.1. The van der Waals surface area contributed by atoms with Gasteiger partial charge in [0.05, 0.1) is 16.3 Å². The van der Waals surface area contributed by atoms with Gasteiger partial charge < -0.3 is 0 Å². The normalized spacial score (nSPS) is 10.9. The van der Waals surface area contributed by atoms with Crippen molar-refractivity contribution in [1.82, 2.24) is 9.97 Å². The standard InChI is InChI=1S/C20H13BrClN3OS/c21-15-8-6-14(7-9-15)19(26)25(12-13-3-2-10-23-11-13)20-24-18-16(22)4-1-5-17(18)27-20/h1-11H,12H2. The monoisotopic (exact) mass is 457 g/mol. The lowest BCUT2D eigenvalue weighted by molar-refractivity contribution is 0.0985. The molecule has 0 aliphatic carbocycles. The fourth-order valence-corrected chi connectivity index (χ4v) is 4.19. The Morgan fingerprint density at radius 2 is 1.93 bits per heavy atom. The molecule has 134 valence electrons. The number of anilines is 1. The highest BCUT2D eigenvalue weighted by molar-refractivity contribution is 9.10. The molecular weight excluding hydrogens is 446 g/mol. The first kappa shape index (κ1) is 18.1. The highest BCUT2D eigenvalue weighted by Crippen LogP contribution is 2.34. The van der Waals surface area contributed by atoms with E-state index in [1.807, 2.05) is 36.4 Å². The molecule has 0 saturated carbocycles. The average molecular weight is 459 g/mol. The zero-order valence-electron chi connectivity index (χ0n) is 14.0. The van der Waals surface area contributed by atoms with Crippen molar-refractivity contribution < 1.29 is 4.79 Å². The molecule has 2 aromatic carbocycles. The molecule has 7 heteroatoms. The van der Waals surface area contributed by atoms with Crippen molar-refractivity contribution in [3.05, 3.63) is 87.6 Å². The molecule has 0 radical (unpaired) electrons. The summed E-state index contributed by atoms with van der Waals surface area (Å²) in [6.45, 7) is 0.375. The molecule has 2 heterocycles. The predicted molar refractivity (Wildman–Crippen MR) is 114 cm³/mol. The smallest absolute Gasteiger partial charge is 0.260 e. The summed E-state index contributed by atoms with van der Waals surface area (Å²) < 4.78 is 1.86. The summed E-state index contributed by atoms with van der Waals surface area (Å²) in [5.74, 6) is -0.124. The maximum atomic E-state index is 13.2. The summed E-state index contributed by atoms with van der Waals surface area (Å²) in [6, 6.07) is 16.7. The summed E-state index contributed by atoms with van der Waals surface area (Å²) in [6.07, 6.45) is 3.46. The highest BCUT2D eigenvalue weighted by atomic mass is 79.9. The van der Waals surface area contributed by atoms with E-state index in [4.69, 9.17) is 11.6 Å². The summed E-state index contributed by atoms with van der Waals surface area (Å²) in [7, 11) is 0. The third-order valence-corrected chi connectivity index (χ3v) is 5.87. The Balaban J connectivity index is 1.78. The van der Waals surface area contributed by atoms with E-state index in [2.05, 4.69) is 25.9 Å². The van der Waals surface area contributed by atoms with Gasteiger partial charge >= 0.3 is 0 Å². The molecule has 0 spiro atoms. The Labute approximate surface area is 173 Å². The molecule has 4 rings (SSSR count). The number of hydrogen-bond acceptors (Lipinski definition) is 4. The molecular formula is C20H13BrClN3OS. The van der Waals surface area contributed by atoms with Crippen LogP contribution >= 0.6 is 38.9 Å². The van der Waals surface area contributed by atoms with Crippen LogP contribution in [-0.2, 0) is 6.54 Å². The number of pyridine rings is 1. The van der Waals surface area contributed by atoms with E-state index in [0.717, 1.165) is 14.7 Å². The number of thiazole rings is 1. The van der Waals surface area contributed by atoms with Crippen LogP contribution < -0.4 is 4.90 Å². The number of benzene rings is 2. The number of halogens is 2. The van der Waals surface area contributed by atoms with Crippen molar-refractivity contribution in [3.63, 3.8) is 0 Å².